The molecule has 25 heavy (non-hydrogen) atoms. The van der Waals surface area contributed by atoms with E-state index in [-0.39, 0.29) is 0 Å². The van der Waals surface area contributed by atoms with Gasteiger partial charge in [0.05, 0.1) is 11.0 Å². The molecule has 0 saturated carbocycles. The fraction of sp³-hybridized carbons (Fsp3) is 0.333. The maximum atomic E-state index is 4.87. The smallest absolute Gasteiger partial charge is 0.222 e. The highest BCUT2D eigenvalue weighted by atomic mass is 15.5. The number of nitrogens with zero attached hydrogens (tertiary/aromatic N) is 8. The van der Waals surface area contributed by atoms with Crippen molar-refractivity contribution in [2.24, 2.45) is 0 Å². The summed E-state index contributed by atoms with van der Waals surface area (Å²) in [6.07, 6.45) is 1.50. The molecule has 1 aliphatic rings. The molecular weight excluding hydrogens is 320 g/mol. The van der Waals surface area contributed by atoms with Gasteiger partial charge in [-0.2, -0.15) is 9.61 Å². The number of H-pyrrole nitrogens is 1. The second kappa shape index (κ2) is 5.45. The van der Waals surface area contributed by atoms with Crippen molar-refractivity contribution in [2.45, 2.75) is 6.92 Å². The minimum Gasteiger partial charge on any atom is -0.351 e. The molecule has 3 aromatic heterocycles. The van der Waals surface area contributed by atoms with Crippen LogP contribution in [0, 0.1) is 6.92 Å². The molecule has 10 heteroatoms. The molecular formula is C15H16N10. The van der Waals surface area contributed by atoms with Crippen molar-refractivity contribution in [3.8, 4) is 11.4 Å². The Kier molecular flexibility index (Phi) is 3.10. The molecule has 1 saturated heterocycles. The minimum atomic E-state index is 0.668. The van der Waals surface area contributed by atoms with Gasteiger partial charge in [-0.05, 0) is 35.0 Å². The van der Waals surface area contributed by atoms with Crippen LogP contribution in [-0.2, 0) is 0 Å². The molecule has 126 valence electrons. The van der Waals surface area contributed by atoms with Gasteiger partial charge in [0.2, 0.25) is 5.65 Å². The number of aromatic amines is 1. The van der Waals surface area contributed by atoms with Crippen molar-refractivity contribution in [1.29, 1.82) is 0 Å². The van der Waals surface area contributed by atoms with Crippen LogP contribution in [0.2, 0.25) is 0 Å². The Morgan fingerprint density at radius 2 is 2.04 bits per heavy atom. The lowest BCUT2D eigenvalue weighted by Crippen LogP contribution is -2.44. The van der Waals surface area contributed by atoms with Crippen LogP contribution in [0.4, 0.5) is 5.82 Å². The lowest BCUT2D eigenvalue weighted by molar-refractivity contribution is 0.586. The number of tetrazole rings is 1. The van der Waals surface area contributed by atoms with E-state index in [0.717, 1.165) is 54.2 Å². The van der Waals surface area contributed by atoms with E-state index < -0.39 is 0 Å². The third kappa shape index (κ3) is 2.22. The summed E-state index contributed by atoms with van der Waals surface area (Å²) in [6.45, 7) is 5.66. The van der Waals surface area contributed by atoms with Gasteiger partial charge in [-0.25, -0.2) is 9.97 Å². The number of anilines is 1. The van der Waals surface area contributed by atoms with E-state index in [4.69, 9.17) is 4.98 Å². The van der Waals surface area contributed by atoms with E-state index in [0.29, 0.717) is 11.5 Å². The van der Waals surface area contributed by atoms with E-state index in [1.807, 2.05) is 19.1 Å². The molecule has 0 amide bonds. The van der Waals surface area contributed by atoms with Gasteiger partial charge in [0.15, 0.2) is 11.6 Å². The van der Waals surface area contributed by atoms with Crippen LogP contribution in [-0.4, -0.2) is 66.4 Å². The van der Waals surface area contributed by atoms with Gasteiger partial charge in [-0.1, -0.05) is 0 Å². The Bertz CT molecular complexity index is 1050. The first-order valence-electron chi connectivity index (χ1n) is 8.15. The van der Waals surface area contributed by atoms with Gasteiger partial charge in [0.1, 0.15) is 6.33 Å². The number of benzene rings is 1. The van der Waals surface area contributed by atoms with Gasteiger partial charge in [-0.15, -0.1) is 5.10 Å². The predicted octanol–water partition coefficient (Wildman–Crippen LogP) is 0.176. The van der Waals surface area contributed by atoms with E-state index in [1.54, 1.807) is 4.52 Å². The number of aromatic nitrogens is 8. The summed E-state index contributed by atoms with van der Waals surface area (Å²) in [5.41, 5.74) is 4.39. The fourth-order valence-corrected chi connectivity index (χ4v) is 3.27. The molecule has 0 unspecified atom stereocenters. The Hall–Kier alpha value is -3.14. The molecule has 10 nitrogen and oxygen atoms in total. The summed E-state index contributed by atoms with van der Waals surface area (Å²) in [5, 5.41) is 22.4. The maximum Gasteiger partial charge on any atom is 0.222 e. The van der Waals surface area contributed by atoms with Gasteiger partial charge in [0, 0.05) is 31.7 Å². The van der Waals surface area contributed by atoms with Crippen molar-refractivity contribution < 1.29 is 0 Å². The second-order valence-corrected chi connectivity index (χ2v) is 6.08. The average Bonchev–Trinajstić information content (AvgIpc) is 3.33. The van der Waals surface area contributed by atoms with Crippen LogP contribution in [0.15, 0.2) is 18.5 Å². The number of fused-ring (bicyclic) bond motifs is 3. The van der Waals surface area contributed by atoms with Gasteiger partial charge in [-0.3, -0.25) is 5.10 Å². The molecule has 5 rings (SSSR count). The highest BCUT2D eigenvalue weighted by molar-refractivity contribution is 5.87. The van der Waals surface area contributed by atoms with Crippen LogP contribution in [0.3, 0.4) is 0 Å². The van der Waals surface area contributed by atoms with Crippen LogP contribution in [0.5, 0.6) is 0 Å². The van der Waals surface area contributed by atoms with Crippen LogP contribution in [0.1, 0.15) is 5.56 Å². The summed E-state index contributed by atoms with van der Waals surface area (Å²) in [6, 6.07) is 4.04. The fourth-order valence-electron chi connectivity index (χ4n) is 3.27. The zero-order valence-corrected chi connectivity index (χ0v) is 13.6. The Morgan fingerprint density at radius 1 is 1.16 bits per heavy atom. The number of nitrogens with one attached hydrogen (secondary N) is 2. The standard InChI is InChI=1S/C15H16N10/c1-9-6-11-12(7-10(9)13-17-8-18-20-13)25-15(21-22-23-25)14(19-11)24-4-2-16-3-5-24/h6-8,16H,2-5H2,1H3,(H,17,18,20). The summed E-state index contributed by atoms with van der Waals surface area (Å²) in [5.74, 6) is 1.54. The van der Waals surface area contributed by atoms with E-state index in [1.165, 1.54) is 6.33 Å². The number of aryl methyl sites for hydroxylation is 1. The second-order valence-electron chi connectivity index (χ2n) is 6.08. The van der Waals surface area contributed by atoms with Gasteiger partial charge >= 0.3 is 0 Å². The third-order valence-corrected chi connectivity index (χ3v) is 4.53. The van der Waals surface area contributed by atoms with Crippen molar-refractivity contribution in [2.75, 3.05) is 31.1 Å². The Balaban J connectivity index is 1.76. The highest BCUT2D eigenvalue weighted by Crippen LogP contribution is 2.28. The molecule has 0 radical (unpaired) electrons. The molecule has 1 aromatic carbocycles. The molecule has 2 N–H and O–H groups in total. The summed E-state index contributed by atoms with van der Waals surface area (Å²) in [7, 11) is 0. The first kappa shape index (κ1) is 14.2. The average molecular weight is 336 g/mol. The van der Waals surface area contributed by atoms with Crippen LogP contribution >= 0.6 is 0 Å². The van der Waals surface area contributed by atoms with E-state index in [9.17, 15) is 0 Å². The monoisotopic (exact) mass is 336 g/mol. The molecule has 1 fully saturated rings. The highest BCUT2D eigenvalue weighted by Gasteiger charge is 2.20. The lowest BCUT2D eigenvalue weighted by atomic mass is 10.1. The zero-order chi connectivity index (χ0) is 16.8. The molecule has 0 spiro atoms. The zero-order valence-electron chi connectivity index (χ0n) is 13.6. The predicted molar refractivity (Wildman–Crippen MR) is 91.3 cm³/mol. The van der Waals surface area contributed by atoms with Crippen molar-refractivity contribution >= 4 is 22.5 Å². The molecule has 0 aliphatic carbocycles. The largest absolute Gasteiger partial charge is 0.351 e. The molecule has 4 heterocycles. The first-order chi connectivity index (χ1) is 12.3. The van der Waals surface area contributed by atoms with Crippen molar-refractivity contribution in [3.05, 3.63) is 24.0 Å². The Labute approximate surface area is 142 Å². The molecule has 1 aliphatic heterocycles. The number of rotatable bonds is 2. The van der Waals surface area contributed by atoms with Crippen molar-refractivity contribution in [1.82, 2.24) is 45.5 Å². The lowest BCUT2D eigenvalue weighted by Gasteiger charge is -2.28. The Morgan fingerprint density at radius 3 is 2.84 bits per heavy atom. The normalized spacial score (nSPS) is 15.3. The molecule has 0 bridgehead atoms. The van der Waals surface area contributed by atoms with Gasteiger partial charge in [0.25, 0.3) is 0 Å². The molecule has 0 atom stereocenters. The number of piperazine rings is 1. The third-order valence-electron chi connectivity index (χ3n) is 4.53. The van der Waals surface area contributed by atoms with E-state index in [2.05, 4.69) is 40.9 Å². The quantitative estimate of drug-likeness (QED) is 0.533. The number of hydrogen-bond acceptors (Lipinski definition) is 8. The van der Waals surface area contributed by atoms with Crippen LogP contribution in [0.25, 0.3) is 28.1 Å². The summed E-state index contributed by atoms with van der Waals surface area (Å²) < 4.78 is 1.75. The van der Waals surface area contributed by atoms with Crippen LogP contribution < -0.4 is 10.2 Å². The molecule has 4 aromatic rings. The number of hydrogen-bond donors (Lipinski definition) is 2. The minimum absolute atomic E-state index is 0.668. The summed E-state index contributed by atoms with van der Waals surface area (Å²) >= 11 is 0. The summed E-state index contributed by atoms with van der Waals surface area (Å²) in [4.78, 5) is 11.3. The van der Waals surface area contributed by atoms with Gasteiger partial charge < -0.3 is 10.2 Å². The topological polar surface area (TPSA) is 113 Å². The van der Waals surface area contributed by atoms with E-state index >= 15 is 0 Å². The maximum absolute atomic E-state index is 4.87. The van der Waals surface area contributed by atoms with Crippen molar-refractivity contribution in [3.63, 3.8) is 0 Å². The SMILES string of the molecule is Cc1cc2nc(N3CCNCC3)c3nnnn3c2cc1-c1ncn[nH]1. The first-order valence-corrected chi connectivity index (χ1v) is 8.15.